The highest BCUT2D eigenvalue weighted by molar-refractivity contribution is 5.37. The largest absolute Gasteiger partial charge is 0.329 e. The molecule has 2 nitrogen and oxygen atoms in total. The Balaban J connectivity index is 2.05. The van der Waals surface area contributed by atoms with Gasteiger partial charge in [-0.05, 0) is 56.2 Å². The fourth-order valence-electron chi connectivity index (χ4n) is 3.84. The van der Waals surface area contributed by atoms with Gasteiger partial charge in [-0.25, -0.2) is 0 Å². The Hall–Kier alpha value is -0.860. The Morgan fingerprint density at radius 2 is 1.67 bits per heavy atom. The normalized spacial score (nSPS) is 16.6. The van der Waals surface area contributed by atoms with Crippen LogP contribution < -0.4 is 5.73 Å². The molecule has 0 saturated heterocycles. The van der Waals surface area contributed by atoms with E-state index in [0.717, 1.165) is 25.6 Å². The van der Waals surface area contributed by atoms with Crippen LogP contribution in [0.1, 0.15) is 54.4 Å². The minimum absolute atomic E-state index is 0.761. The highest BCUT2D eigenvalue weighted by atomic mass is 15.1. The molecule has 1 aliphatic carbocycles. The van der Waals surface area contributed by atoms with Crippen molar-refractivity contribution in [2.24, 2.45) is 11.7 Å². The number of aryl methyl sites for hydroxylation is 3. The molecule has 0 spiro atoms. The predicted molar refractivity (Wildman–Crippen MR) is 91.6 cm³/mol. The summed E-state index contributed by atoms with van der Waals surface area (Å²) in [4.78, 5) is 2.58. The molecule has 0 radical (unpaired) electrons. The van der Waals surface area contributed by atoms with Gasteiger partial charge in [0.1, 0.15) is 0 Å². The van der Waals surface area contributed by atoms with Gasteiger partial charge >= 0.3 is 0 Å². The van der Waals surface area contributed by atoms with E-state index in [2.05, 4.69) is 37.8 Å². The van der Waals surface area contributed by atoms with Gasteiger partial charge in [0.15, 0.2) is 0 Å². The third-order valence-corrected chi connectivity index (χ3v) is 4.91. The van der Waals surface area contributed by atoms with Crippen LogP contribution in [0.5, 0.6) is 0 Å². The first-order chi connectivity index (χ1) is 10.1. The van der Waals surface area contributed by atoms with Crippen molar-refractivity contribution in [3.8, 4) is 0 Å². The summed E-state index contributed by atoms with van der Waals surface area (Å²) in [5.41, 5.74) is 11.6. The van der Waals surface area contributed by atoms with E-state index in [4.69, 9.17) is 5.73 Å². The molecule has 1 saturated carbocycles. The molecule has 2 N–H and O–H groups in total. The van der Waals surface area contributed by atoms with Crippen molar-refractivity contribution in [1.82, 2.24) is 4.90 Å². The molecular weight excluding hydrogens is 256 g/mol. The van der Waals surface area contributed by atoms with Crippen molar-refractivity contribution in [3.05, 3.63) is 34.4 Å². The van der Waals surface area contributed by atoms with Crippen LogP contribution in [-0.2, 0) is 6.54 Å². The number of nitrogens with zero attached hydrogens (tertiary/aromatic N) is 1. The van der Waals surface area contributed by atoms with E-state index >= 15 is 0 Å². The summed E-state index contributed by atoms with van der Waals surface area (Å²) < 4.78 is 0. The number of nitrogens with two attached hydrogens (primary N) is 1. The molecule has 2 heteroatoms. The van der Waals surface area contributed by atoms with Gasteiger partial charge in [0.2, 0.25) is 0 Å². The van der Waals surface area contributed by atoms with Crippen molar-refractivity contribution < 1.29 is 0 Å². The van der Waals surface area contributed by atoms with Gasteiger partial charge in [0.25, 0.3) is 0 Å². The van der Waals surface area contributed by atoms with Crippen LogP contribution in [0.3, 0.4) is 0 Å². The molecule has 0 atom stereocenters. The number of hydrogen-bond donors (Lipinski definition) is 1. The fourth-order valence-corrected chi connectivity index (χ4v) is 3.84. The van der Waals surface area contributed by atoms with Crippen LogP contribution in [-0.4, -0.2) is 24.5 Å². The maximum atomic E-state index is 5.85. The standard InChI is InChI=1S/C19H32N2/c1-15-11-16(2)19(17(3)12-15)14-21(10-9-20)13-18-7-5-4-6-8-18/h11-12,18H,4-10,13-14,20H2,1-3H3. The molecule has 1 aromatic rings. The van der Waals surface area contributed by atoms with E-state index in [0.29, 0.717) is 0 Å². The highest BCUT2D eigenvalue weighted by Gasteiger charge is 2.18. The van der Waals surface area contributed by atoms with Crippen LogP contribution in [0.4, 0.5) is 0 Å². The Labute approximate surface area is 130 Å². The second kappa shape index (κ2) is 7.95. The van der Waals surface area contributed by atoms with E-state index in [9.17, 15) is 0 Å². The Morgan fingerprint density at radius 3 is 2.24 bits per heavy atom. The maximum absolute atomic E-state index is 5.85. The van der Waals surface area contributed by atoms with E-state index in [1.807, 2.05) is 0 Å². The minimum atomic E-state index is 0.761. The van der Waals surface area contributed by atoms with Gasteiger partial charge < -0.3 is 5.73 Å². The van der Waals surface area contributed by atoms with Gasteiger partial charge in [-0.15, -0.1) is 0 Å². The summed E-state index contributed by atoms with van der Waals surface area (Å²) in [6.45, 7) is 10.7. The van der Waals surface area contributed by atoms with E-state index in [1.165, 1.54) is 60.9 Å². The van der Waals surface area contributed by atoms with Crippen LogP contribution in [0, 0.1) is 26.7 Å². The quantitative estimate of drug-likeness (QED) is 0.858. The SMILES string of the molecule is Cc1cc(C)c(CN(CCN)CC2CCCCC2)c(C)c1. The van der Waals surface area contributed by atoms with E-state index < -0.39 is 0 Å². The van der Waals surface area contributed by atoms with E-state index in [-0.39, 0.29) is 0 Å². The molecule has 118 valence electrons. The summed E-state index contributed by atoms with van der Waals surface area (Å²) >= 11 is 0. The Morgan fingerprint density at radius 1 is 1.05 bits per heavy atom. The summed E-state index contributed by atoms with van der Waals surface area (Å²) in [6, 6.07) is 4.62. The molecule has 0 amide bonds. The summed E-state index contributed by atoms with van der Waals surface area (Å²) in [5, 5.41) is 0. The van der Waals surface area contributed by atoms with Gasteiger partial charge in [-0.1, -0.05) is 37.0 Å². The Bertz CT molecular complexity index is 424. The van der Waals surface area contributed by atoms with Crippen LogP contribution in [0.25, 0.3) is 0 Å². The summed E-state index contributed by atoms with van der Waals surface area (Å²) in [5.74, 6) is 0.886. The van der Waals surface area contributed by atoms with Gasteiger partial charge in [-0.2, -0.15) is 0 Å². The van der Waals surface area contributed by atoms with Crippen molar-refractivity contribution in [2.45, 2.75) is 59.4 Å². The topological polar surface area (TPSA) is 29.3 Å². The monoisotopic (exact) mass is 288 g/mol. The number of hydrogen-bond acceptors (Lipinski definition) is 2. The molecule has 1 aliphatic rings. The van der Waals surface area contributed by atoms with E-state index in [1.54, 1.807) is 0 Å². The average Bonchev–Trinajstić information content (AvgIpc) is 2.44. The van der Waals surface area contributed by atoms with Gasteiger partial charge in [0.05, 0.1) is 0 Å². The Kier molecular flexibility index (Phi) is 6.25. The molecule has 0 aromatic heterocycles. The van der Waals surface area contributed by atoms with Gasteiger partial charge in [0, 0.05) is 26.2 Å². The van der Waals surface area contributed by atoms with Crippen LogP contribution >= 0.6 is 0 Å². The molecule has 0 heterocycles. The molecule has 1 aromatic carbocycles. The van der Waals surface area contributed by atoms with Gasteiger partial charge in [-0.3, -0.25) is 4.90 Å². The smallest absolute Gasteiger partial charge is 0.0239 e. The third kappa shape index (κ3) is 4.82. The lowest BCUT2D eigenvalue weighted by atomic mass is 9.88. The fraction of sp³-hybridized carbons (Fsp3) is 0.684. The molecule has 21 heavy (non-hydrogen) atoms. The lowest BCUT2D eigenvalue weighted by Gasteiger charge is -2.30. The predicted octanol–water partition coefficient (Wildman–Crippen LogP) is 3.95. The number of benzene rings is 1. The minimum Gasteiger partial charge on any atom is -0.329 e. The van der Waals surface area contributed by atoms with Crippen LogP contribution in [0.2, 0.25) is 0 Å². The van der Waals surface area contributed by atoms with Crippen LogP contribution in [0.15, 0.2) is 12.1 Å². The number of rotatable bonds is 6. The lowest BCUT2D eigenvalue weighted by Crippen LogP contribution is -2.34. The van der Waals surface area contributed by atoms with Crippen molar-refractivity contribution in [3.63, 3.8) is 0 Å². The molecule has 2 rings (SSSR count). The molecule has 0 aliphatic heterocycles. The molecule has 0 bridgehead atoms. The summed E-state index contributed by atoms with van der Waals surface area (Å²) in [7, 11) is 0. The maximum Gasteiger partial charge on any atom is 0.0239 e. The lowest BCUT2D eigenvalue weighted by molar-refractivity contribution is 0.197. The van der Waals surface area contributed by atoms with Crippen molar-refractivity contribution >= 4 is 0 Å². The molecule has 1 fully saturated rings. The zero-order valence-corrected chi connectivity index (χ0v) is 14.1. The molecular formula is C19H32N2. The zero-order chi connectivity index (χ0) is 15.2. The third-order valence-electron chi connectivity index (χ3n) is 4.91. The van der Waals surface area contributed by atoms with Crippen molar-refractivity contribution in [1.29, 1.82) is 0 Å². The zero-order valence-electron chi connectivity index (χ0n) is 14.1. The summed E-state index contributed by atoms with van der Waals surface area (Å²) in [6.07, 6.45) is 7.09. The average molecular weight is 288 g/mol. The second-order valence-electron chi connectivity index (χ2n) is 6.91. The first-order valence-corrected chi connectivity index (χ1v) is 8.59. The highest BCUT2D eigenvalue weighted by Crippen LogP contribution is 2.26. The second-order valence-corrected chi connectivity index (χ2v) is 6.91. The molecule has 0 unspecified atom stereocenters. The first kappa shape index (κ1) is 16.5. The van der Waals surface area contributed by atoms with Crippen molar-refractivity contribution in [2.75, 3.05) is 19.6 Å². The first-order valence-electron chi connectivity index (χ1n) is 8.59.